The molecule has 3 rings (SSSR count). The second-order valence-electron chi connectivity index (χ2n) is 5.22. The van der Waals surface area contributed by atoms with Crippen LogP contribution in [0, 0.1) is 5.92 Å². The first-order valence-electron chi connectivity index (χ1n) is 6.93. The molecule has 1 aromatic heterocycles. The zero-order chi connectivity index (χ0) is 14.8. The highest BCUT2D eigenvalue weighted by Crippen LogP contribution is 2.27. The molecule has 2 atom stereocenters. The highest BCUT2D eigenvalue weighted by atomic mass is 35.5. The molecule has 5 nitrogen and oxygen atoms in total. The SMILES string of the molecule is O=C(Nc1cnn(-c2ccccc2Cl)c1)C1CCCC1O. The Hall–Kier alpha value is -1.85. The van der Waals surface area contributed by atoms with Crippen LogP contribution in [0.25, 0.3) is 5.69 Å². The summed E-state index contributed by atoms with van der Waals surface area (Å²) in [6.45, 7) is 0. The Bertz CT molecular complexity index is 656. The number of nitrogens with zero attached hydrogens (tertiary/aromatic N) is 2. The molecule has 1 aromatic carbocycles. The normalized spacial score (nSPS) is 21.4. The fourth-order valence-corrected chi connectivity index (χ4v) is 2.86. The number of aliphatic hydroxyl groups is 1. The summed E-state index contributed by atoms with van der Waals surface area (Å²) < 4.78 is 1.61. The van der Waals surface area contributed by atoms with Crippen LogP contribution >= 0.6 is 11.6 Å². The van der Waals surface area contributed by atoms with E-state index >= 15 is 0 Å². The summed E-state index contributed by atoms with van der Waals surface area (Å²) in [4.78, 5) is 12.1. The summed E-state index contributed by atoms with van der Waals surface area (Å²) in [5.74, 6) is -0.479. The van der Waals surface area contributed by atoms with Crippen LogP contribution in [0.3, 0.4) is 0 Å². The van der Waals surface area contributed by atoms with Crippen molar-refractivity contribution in [2.75, 3.05) is 5.32 Å². The molecule has 6 heteroatoms. The molecule has 1 aliphatic carbocycles. The number of carbonyl (C=O) groups excluding carboxylic acids is 1. The van der Waals surface area contributed by atoms with E-state index in [1.807, 2.05) is 18.2 Å². The molecule has 110 valence electrons. The molecule has 21 heavy (non-hydrogen) atoms. The van der Waals surface area contributed by atoms with Crippen molar-refractivity contribution in [3.8, 4) is 5.69 Å². The molecule has 1 fully saturated rings. The highest BCUT2D eigenvalue weighted by molar-refractivity contribution is 6.32. The minimum Gasteiger partial charge on any atom is -0.392 e. The van der Waals surface area contributed by atoms with Crippen molar-refractivity contribution in [1.29, 1.82) is 0 Å². The lowest BCUT2D eigenvalue weighted by atomic mass is 10.1. The molecular weight excluding hydrogens is 290 g/mol. The zero-order valence-corrected chi connectivity index (χ0v) is 12.1. The Labute approximate surface area is 127 Å². The minimum absolute atomic E-state index is 0.154. The van der Waals surface area contributed by atoms with E-state index in [9.17, 15) is 9.90 Å². The molecular formula is C15H16ClN3O2. The van der Waals surface area contributed by atoms with Gasteiger partial charge in [-0.25, -0.2) is 4.68 Å². The van der Waals surface area contributed by atoms with E-state index in [2.05, 4.69) is 10.4 Å². The second kappa shape index (κ2) is 5.87. The van der Waals surface area contributed by atoms with E-state index in [0.717, 1.165) is 18.5 Å². The van der Waals surface area contributed by atoms with Gasteiger partial charge in [-0.2, -0.15) is 5.10 Å². The number of carbonyl (C=O) groups is 1. The van der Waals surface area contributed by atoms with Crippen molar-refractivity contribution in [3.63, 3.8) is 0 Å². The number of hydrogen-bond donors (Lipinski definition) is 2. The lowest BCUT2D eigenvalue weighted by Crippen LogP contribution is -2.28. The monoisotopic (exact) mass is 305 g/mol. The summed E-state index contributed by atoms with van der Waals surface area (Å²) in [6.07, 6.45) is 5.05. The van der Waals surface area contributed by atoms with Crippen LogP contribution < -0.4 is 5.32 Å². The molecule has 1 saturated carbocycles. The van der Waals surface area contributed by atoms with E-state index in [1.54, 1.807) is 23.1 Å². The molecule has 1 aliphatic rings. The fourth-order valence-electron chi connectivity index (χ4n) is 2.64. The Kier molecular flexibility index (Phi) is 3.94. The number of benzene rings is 1. The molecule has 0 radical (unpaired) electrons. The third kappa shape index (κ3) is 2.94. The van der Waals surface area contributed by atoms with Crippen LogP contribution in [-0.2, 0) is 4.79 Å². The van der Waals surface area contributed by atoms with Crippen molar-refractivity contribution < 1.29 is 9.90 Å². The third-order valence-electron chi connectivity index (χ3n) is 3.77. The van der Waals surface area contributed by atoms with Crippen LogP contribution in [0.15, 0.2) is 36.7 Å². The number of nitrogens with one attached hydrogen (secondary N) is 1. The Morgan fingerprint density at radius 3 is 2.90 bits per heavy atom. The lowest BCUT2D eigenvalue weighted by Gasteiger charge is -2.13. The van der Waals surface area contributed by atoms with Gasteiger partial charge < -0.3 is 10.4 Å². The Morgan fingerprint density at radius 2 is 2.19 bits per heavy atom. The van der Waals surface area contributed by atoms with Crippen LogP contribution in [0.5, 0.6) is 0 Å². The van der Waals surface area contributed by atoms with E-state index in [4.69, 9.17) is 11.6 Å². The molecule has 0 aliphatic heterocycles. The van der Waals surface area contributed by atoms with Gasteiger partial charge in [0.05, 0.1) is 40.8 Å². The van der Waals surface area contributed by atoms with Crippen LogP contribution in [0.4, 0.5) is 5.69 Å². The predicted octanol–water partition coefficient (Wildman–Crippen LogP) is 2.63. The third-order valence-corrected chi connectivity index (χ3v) is 4.09. The second-order valence-corrected chi connectivity index (χ2v) is 5.63. The number of aromatic nitrogens is 2. The number of aliphatic hydroxyl groups excluding tert-OH is 1. The van der Waals surface area contributed by atoms with Crippen LogP contribution in [0.2, 0.25) is 5.02 Å². The average Bonchev–Trinajstić information content (AvgIpc) is 3.08. The van der Waals surface area contributed by atoms with Gasteiger partial charge in [0.25, 0.3) is 0 Å². The summed E-state index contributed by atoms with van der Waals surface area (Å²) >= 11 is 6.12. The predicted molar refractivity (Wildman–Crippen MR) is 80.6 cm³/mol. The largest absolute Gasteiger partial charge is 0.392 e. The van der Waals surface area contributed by atoms with Gasteiger partial charge in [-0.05, 0) is 31.4 Å². The quantitative estimate of drug-likeness (QED) is 0.916. The van der Waals surface area contributed by atoms with Gasteiger partial charge in [0, 0.05) is 0 Å². The van der Waals surface area contributed by atoms with Crippen molar-refractivity contribution in [3.05, 3.63) is 41.7 Å². The average molecular weight is 306 g/mol. The van der Waals surface area contributed by atoms with Gasteiger partial charge >= 0.3 is 0 Å². The zero-order valence-electron chi connectivity index (χ0n) is 11.4. The van der Waals surface area contributed by atoms with E-state index in [0.29, 0.717) is 17.1 Å². The smallest absolute Gasteiger partial charge is 0.230 e. The Morgan fingerprint density at radius 1 is 1.38 bits per heavy atom. The van der Waals surface area contributed by atoms with Gasteiger partial charge in [-0.3, -0.25) is 4.79 Å². The highest BCUT2D eigenvalue weighted by Gasteiger charge is 2.31. The molecule has 2 unspecified atom stereocenters. The maximum absolute atomic E-state index is 12.1. The number of rotatable bonds is 3. The van der Waals surface area contributed by atoms with Crippen LogP contribution in [0.1, 0.15) is 19.3 Å². The number of amides is 1. The van der Waals surface area contributed by atoms with Crippen molar-refractivity contribution >= 4 is 23.2 Å². The van der Waals surface area contributed by atoms with E-state index < -0.39 is 6.10 Å². The first-order chi connectivity index (χ1) is 10.1. The molecule has 2 aromatic rings. The van der Waals surface area contributed by atoms with E-state index in [-0.39, 0.29) is 11.8 Å². The first kappa shape index (κ1) is 14.1. The van der Waals surface area contributed by atoms with Crippen molar-refractivity contribution in [2.24, 2.45) is 5.92 Å². The Balaban J connectivity index is 1.74. The molecule has 2 N–H and O–H groups in total. The molecule has 0 spiro atoms. The summed E-state index contributed by atoms with van der Waals surface area (Å²) in [6, 6.07) is 7.35. The maximum Gasteiger partial charge on any atom is 0.230 e. The van der Waals surface area contributed by atoms with Gasteiger partial charge in [0.2, 0.25) is 5.91 Å². The number of anilines is 1. The topological polar surface area (TPSA) is 67.2 Å². The summed E-state index contributed by atoms with van der Waals surface area (Å²) in [5.41, 5.74) is 1.35. The molecule has 0 saturated heterocycles. The maximum atomic E-state index is 12.1. The molecule has 0 bridgehead atoms. The van der Waals surface area contributed by atoms with Gasteiger partial charge in [-0.1, -0.05) is 23.7 Å². The van der Waals surface area contributed by atoms with Gasteiger partial charge in [0.15, 0.2) is 0 Å². The van der Waals surface area contributed by atoms with Gasteiger partial charge in [0.1, 0.15) is 0 Å². The summed E-state index contributed by atoms with van der Waals surface area (Å²) in [7, 11) is 0. The standard InChI is InChI=1S/C15H16ClN3O2/c16-12-5-1-2-6-13(12)19-9-10(8-17-19)18-15(21)11-4-3-7-14(11)20/h1-2,5-6,8-9,11,14,20H,3-4,7H2,(H,18,21). The minimum atomic E-state index is -0.538. The molecule has 1 amide bonds. The van der Waals surface area contributed by atoms with Crippen molar-refractivity contribution in [2.45, 2.75) is 25.4 Å². The van der Waals surface area contributed by atoms with Crippen LogP contribution in [-0.4, -0.2) is 26.9 Å². The number of hydrogen-bond acceptors (Lipinski definition) is 3. The van der Waals surface area contributed by atoms with E-state index in [1.165, 1.54) is 0 Å². The summed E-state index contributed by atoms with van der Waals surface area (Å²) in [5, 5.41) is 17.3. The van der Waals surface area contributed by atoms with Gasteiger partial charge in [-0.15, -0.1) is 0 Å². The molecule has 1 heterocycles. The number of para-hydroxylation sites is 1. The lowest BCUT2D eigenvalue weighted by molar-refractivity contribution is -0.122. The van der Waals surface area contributed by atoms with Crippen molar-refractivity contribution in [1.82, 2.24) is 9.78 Å². The number of halogens is 1. The first-order valence-corrected chi connectivity index (χ1v) is 7.31. The fraction of sp³-hybridized carbons (Fsp3) is 0.333.